The molecule has 2 aromatic carbocycles. The fraction of sp³-hybridized carbons (Fsp3) is 0.105. The van der Waals surface area contributed by atoms with E-state index in [-0.39, 0.29) is 12.4 Å². The highest BCUT2D eigenvalue weighted by atomic mass is 35.5. The zero-order chi connectivity index (χ0) is 14.8. The average molecular weight is 325 g/mol. The number of rotatable bonds is 3. The van der Waals surface area contributed by atoms with E-state index < -0.39 is 0 Å². The molecule has 23 heavy (non-hydrogen) atoms. The summed E-state index contributed by atoms with van der Waals surface area (Å²) in [5, 5.41) is 3.28. The van der Waals surface area contributed by atoms with E-state index in [1.54, 1.807) is 0 Å². The van der Waals surface area contributed by atoms with Crippen molar-refractivity contribution >= 4 is 18.2 Å². The maximum Gasteiger partial charge on any atom is 0.134 e. The van der Waals surface area contributed by atoms with Crippen LogP contribution in [0.2, 0.25) is 0 Å². The maximum atomic E-state index is 5.98. The standard InChI is InChI=1S/C19H16N2O.ClH/c1-2-4-14(5-3-1)17-10-11-18(22-17)15-6-8-16(9-7-15)19-20-12-13-21-19;/h1-11H,12-13H2,(H,20,21);1H. The second-order valence-corrected chi connectivity index (χ2v) is 5.26. The average Bonchev–Trinajstić information content (AvgIpc) is 3.28. The van der Waals surface area contributed by atoms with Crippen LogP contribution < -0.4 is 5.32 Å². The van der Waals surface area contributed by atoms with E-state index in [4.69, 9.17) is 4.42 Å². The summed E-state index contributed by atoms with van der Waals surface area (Å²) >= 11 is 0. The summed E-state index contributed by atoms with van der Waals surface area (Å²) in [6.07, 6.45) is 0. The highest BCUT2D eigenvalue weighted by Crippen LogP contribution is 2.28. The molecule has 0 saturated heterocycles. The van der Waals surface area contributed by atoms with Crippen LogP contribution in [0.3, 0.4) is 0 Å². The molecule has 1 N–H and O–H groups in total. The number of hydrogen-bond acceptors (Lipinski definition) is 3. The molecule has 0 amide bonds. The van der Waals surface area contributed by atoms with Crippen LogP contribution in [0.4, 0.5) is 0 Å². The molecule has 0 aliphatic carbocycles. The van der Waals surface area contributed by atoms with Gasteiger partial charge in [-0.15, -0.1) is 12.4 Å². The van der Waals surface area contributed by atoms with Crippen molar-refractivity contribution in [2.45, 2.75) is 0 Å². The molecule has 3 aromatic rings. The number of amidine groups is 1. The number of benzene rings is 2. The van der Waals surface area contributed by atoms with Crippen LogP contribution in [0.25, 0.3) is 22.6 Å². The normalized spacial score (nSPS) is 13.1. The van der Waals surface area contributed by atoms with Crippen molar-refractivity contribution in [2.24, 2.45) is 4.99 Å². The Morgan fingerprint density at radius 2 is 1.35 bits per heavy atom. The van der Waals surface area contributed by atoms with Gasteiger partial charge in [-0.05, 0) is 12.1 Å². The van der Waals surface area contributed by atoms with Crippen molar-refractivity contribution in [2.75, 3.05) is 13.1 Å². The van der Waals surface area contributed by atoms with Gasteiger partial charge in [-0.2, -0.15) is 0 Å². The van der Waals surface area contributed by atoms with E-state index in [0.29, 0.717) is 0 Å². The Bertz CT molecular complexity index is 807. The van der Waals surface area contributed by atoms with Crippen molar-refractivity contribution in [3.8, 4) is 22.6 Å². The molecule has 1 aliphatic rings. The molecule has 0 atom stereocenters. The first-order valence-electron chi connectivity index (χ1n) is 7.44. The summed E-state index contributed by atoms with van der Waals surface area (Å²) in [4.78, 5) is 4.43. The molecular formula is C19H17ClN2O. The maximum absolute atomic E-state index is 5.98. The van der Waals surface area contributed by atoms with Crippen molar-refractivity contribution in [1.29, 1.82) is 0 Å². The highest BCUT2D eigenvalue weighted by molar-refractivity contribution is 6.00. The number of nitrogens with zero attached hydrogens (tertiary/aromatic N) is 1. The molecule has 0 radical (unpaired) electrons. The molecule has 4 heteroatoms. The first kappa shape index (κ1) is 15.4. The van der Waals surface area contributed by atoms with Crippen molar-refractivity contribution in [3.05, 3.63) is 72.3 Å². The molecule has 0 fully saturated rings. The first-order valence-corrected chi connectivity index (χ1v) is 7.44. The zero-order valence-electron chi connectivity index (χ0n) is 12.5. The number of halogens is 1. The predicted octanol–water partition coefficient (Wildman–Crippen LogP) is 4.39. The second-order valence-electron chi connectivity index (χ2n) is 5.26. The van der Waals surface area contributed by atoms with E-state index in [9.17, 15) is 0 Å². The molecule has 1 aliphatic heterocycles. The lowest BCUT2D eigenvalue weighted by atomic mass is 10.1. The number of nitrogens with one attached hydrogen (secondary N) is 1. The van der Waals surface area contributed by atoms with Gasteiger partial charge >= 0.3 is 0 Å². The smallest absolute Gasteiger partial charge is 0.134 e. The molecule has 0 saturated carbocycles. The van der Waals surface area contributed by atoms with Gasteiger partial charge < -0.3 is 9.73 Å². The Hall–Kier alpha value is -2.52. The van der Waals surface area contributed by atoms with Gasteiger partial charge in [-0.1, -0.05) is 54.6 Å². The Morgan fingerprint density at radius 3 is 1.96 bits per heavy atom. The van der Waals surface area contributed by atoms with Crippen LogP contribution >= 0.6 is 12.4 Å². The van der Waals surface area contributed by atoms with E-state index in [1.165, 1.54) is 0 Å². The summed E-state index contributed by atoms with van der Waals surface area (Å²) in [7, 11) is 0. The number of furan rings is 1. The Labute approximate surface area is 141 Å². The van der Waals surface area contributed by atoms with Crippen molar-refractivity contribution < 1.29 is 4.42 Å². The van der Waals surface area contributed by atoms with Crippen molar-refractivity contribution in [3.63, 3.8) is 0 Å². The lowest BCUT2D eigenvalue weighted by molar-refractivity contribution is 0.597. The molecule has 1 aromatic heterocycles. The van der Waals surface area contributed by atoms with Crippen LogP contribution in [0, 0.1) is 0 Å². The van der Waals surface area contributed by atoms with Crippen LogP contribution in [-0.4, -0.2) is 18.9 Å². The Morgan fingerprint density at radius 1 is 0.739 bits per heavy atom. The van der Waals surface area contributed by atoms with Crippen LogP contribution in [0.1, 0.15) is 5.56 Å². The molecule has 2 heterocycles. The summed E-state index contributed by atoms with van der Waals surface area (Å²) in [6.45, 7) is 1.78. The van der Waals surface area contributed by atoms with Gasteiger partial charge in [0, 0.05) is 23.2 Å². The fourth-order valence-corrected chi connectivity index (χ4v) is 2.63. The quantitative estimate of drug-likeness (QED) is 0.776. The number of aliphatic imine (C=N–C) groups is 1. The monoisotopic (exact) mass is 324 g/mol. The van der Waals surface area contributed by atoms with Gasteiger partial charge in [0.15, 0.2) is 0 Å². The molecule has 116 valence electrons. The summed E-state index contributed by atoms with van der Waals surface area (Å²) in [5.74, 6) is 2.75. The van der Waals surface area contributed by atoms with Gasteiger partial charge in [-0.25, -0.2) is 0 Å². The topological polar surface area (TPSA) is 37.5 Å². The summed E-state index contributed by atoms with van der Waals surface area (Å²) in [5.41, 5.74) is 3.29. The third-order valence-electron chi connectivity index (χ3n) is 3.78. The minimum Gasteiger partial charge on any atom is -0.456 e. The van der Waals surface area contributed by atoms with Crippen LogP contribution in [0.5, 0.6) is 0 Å². The lowest BCUT2D eigenvalue weighted by Gasteiger charge is -2.03. The molecule has 3 nitrogen and oxygen atoms in total. The Kier molecular flexibility index (Phi) is 4.49. The van der Waals surface area contributed by atoms with Gasteiger partial charge in [-0.3, -0.25) is 4.99 Å². The van der Waals surface area contributed by atoms with Crippen LogP contribution in [0.15, 0.2) is 76.1 Å². The molecule has 0 spiro atoms. The van der Waals surface area contributed by atoms with Gasteiger partial charge in [0.05, 0.1) is 6.54 Å². The third kappa shape index (κ3) is 3.15. The van der Waals surface area contributed by atoms with E-state index in [2.05, 4.69) is 46.7 Å². The molecular weight excluding hydrogens is 308 g/mol. The van der Waals surface area contributed by atoms with E-state index >= 15 is 0 Å². The Balaban J connectivity index is 0.00000156. The summed E-state index contributed by atoms with van der Waals surface area (Å²) in [6, 6.07) is 22.5. The minimum atomic E-state index is 0. The highest BCUT2D eigenvalue weighted by Gasteiger charge is 2.10. The number of hydrogen-bond donors (Lipinski definition) is 1. The minimum absolute atomic E-state index is 0. The second kappa shape index (κ2) is 6.71. The molecule has 4 rings (SSSR count). The molecule has 0 bridgehead atoms. The van der Waals surface area contributed by atoms with Gasteiger partial charge in [0.1, 0.15) is 17.4 Å². The van der Waals surface area contributed by atoms with E-state index in [0.717, 1.165) is 47.1 Å². The third-order valence-corrected chi connectivity index (χ3v) is 3.78. The fourth-order valence-electron chi connectivity index (χ4n) is 2.63. The zero-order valence-corrected chi connectivity index (χ0v) is 13.3. The summed E-state index contributed by atoms with van der Waals surface area (Å²) < 4.78 is 5.98. The first-order chi connectivity index (χ1) is 10.9. The van der Waals surface area contributed by atoms with Gasteiger partial charge in [0.25, 0.3) is 0 Å². The lowest BCUT2D eigenvalue weighted by Crippen LogP contribution is -2.19. The van der Waals surface area contributed by atoms with Crippen LogP contribution in [-0.2, 0) is 0 Å². The largest absolute Gasteiger partial charge is 0.456 e. The SMILES string of the molecule is Cl.c1ccc(-c2ccc(-c3ccc(C4=NCCN4)cc3)o2)cc1. The molecule has 0 unspecified atom stereocenters. The predicted molar refractivity (Wildman–Crippen MR) is 96.2 cm³/mol. The van der Waals surface area contributed by atoms with Crippen molar-refractivity contribution in [1.82, 2.24) is 5.32 Å². The van der Waals surface area contributed by atoms with E-state index in [1.807, 2.05) is 30.3 Å². The van der Waals surface area contributed by atoms with Gasteiger partial charge in [0.2, 0.25) is 0 Å².